The van der Waals surface area contributed by atoms with E-state index in [0.717, 1.165) is 16.6 Å². The zero-order valence-corrected chi connectivity index (χ0v) is 12.7. The standard InChI is InChI=1S/C13H7BrF3N3S/c14-8-5-10-11(18-6-8)20(12(21)19-10)9-3-1-2-7(4-9)13(15,16)17/h1-6H,(H,19,21). The minimum Gasteiger partial charge on any atom is -0.329 e. The molecule has 0 saturated heterocycles. The normalized spacial score (nSPS) is 12.0. The number of rotatable bonds is 1. The van der Waals surface area contributed by atoms with E-state index in [0.29, 0.717) is 16.9 Å². The Balaban J connectivity index is 2.26. The molecule has 3 rings (SSSR count). The van der Waals surface area contributed by atoms with Gasteiger partial charge >= 0.3 is 6.18 Å². The number of imidazole rings is 1. The zero-order chi connectivity index (χ0) is 15.2. The zero-order valence-electron chi connectivity index (χ0n) is 10.3. The van der Waals surface area contributed by atoms with Crippen LogP contribution in [0.15, 0.2) is 41.0 Å². The van der Waals surface area contributed by atoms with Gasteiger partial charge in [-0.2, -0.15) is 13.2 Å². The van der Waals surface area contributed by atoms with Gasteiger partial charge in [0.2, 0.25) is 0 Å². The number of halogens is 4. The first-order valence-corrected chi connectivity index (χ1v) is 7.00. The van der Waals surface area contributed by atoms with Crippen LogP contribution in [0.4, 0.5) is 13.2 Å². The lowest BCUT2D eigenvalue weighted by Crippen LogP contribution is -2.06. The van der Waals surface area contributed by atoms with E-state index in [4.69, 9.17) is 12.2 Å². The van der Waals surface area contributed by atoms with Gasteiger partial charge in [0, 0.05) is 10.7 Å². The molecule has 0 saturated carbocycles. The summed E-state index contributed by atoms with van der Waals surface area (Å²) in [5.74, 6) is 0. The molecule has 0 aliphatic rings. The molecule has 0 amide bonds. The van der Waals surface area contributed by atoms with Gasteiger partial charge in [0.1, 0.15) is 0 Å². The molecule has 8 heteroatoms. The first-order valence-electron chi connectivity index (χ1n) is 5.80. The van der Waals surface area contributed by atoms with Gasteiger partial charge in [0.15, 0.2) is 10.4 Å². The number of H-pyrrole nitrogens is 1. The van der Waals surface area contributed by atoms with Gasteiger partial charge in [0.25, 0.3) is 0 Å². The molecule has 0 radical (unpaired) electrons. The number of hydrogen-bond acceptors (Lipinski definition) is 2. The predicted octanol–water partition coefficient (Wildman–Crippen LogP) is 4.86. The van der Waals surface area contributed by atoms with Crippen LogP contribution in [0.2, 0.25) is 0 Å². The largest absolute Gasteiger partial charge is 0.416 e. The first-order chi connectivity index (χ1) is 9.86. The molecule has 0 fully saturated rings. The third-order valence-electron chi connectivity index (χ3n) is 2.92. The molecule has 3 nitrogen and oxygen atoms in total. The summed E-state index contributed by atoms with van der Waals surface area (Å²) in [6.45, 7) is 0. The smallest absolute Gasteiger partial charge is 0.329 e. The van der Waals surface area contributed by atoms with E-state index >= 15 is 0 Å². The van der Waals surface area contributed by atoms with Crippen molar-refractivity contribution in [2.45, 2.75) is 6.18 Å². The lowest BCUT2D eigenvalue weighted by atomic mass is 10.2. The molecule has 1 aromatic carbocycles. The molecular formula is C13H7BrF3N3S. The number of aromatic amines is 1. The Labute approximate surface area is 130 Å². The molecule has 0 spiro atoms. The molecule has 2 aromatic heterocycles. The van der Waals surface area contributed by atoms with Gasteiger partial charge in [-0.25, -0.2) is 4.98 Å². The van der Waals surface area contributed by atoms with Gasteiger partial charge in [-0.15, -0.1) is 0 Å². The van der Waals surface area contributed by atoms with Gasteiger partial charge in [-0.1, -0.05) is 6.07 Å². The first kappa shape index (κ1) is 14.3. The van der Waals surface area contributed by atoms with Crippen molar-refractivity contribution in [1.29, 1.82) is 0 Å². The lowest BCUT2D eigenvalue weighted by Gasteiger charge is -2.09. The van der Waals surface area contributed by atoms with Gasteiger partial charge in [-0.05, 0) is 52.4 Å². The van der Waals surface area contributed by atoms with E-state index in [1.165, 1.54) is 10.6 Å². The van der Waals surface area contributed by atoms with Crippen molar-refractivity contribution in [3.63, 3.8) is 0 Å². The molecule has 0 aliphatic heterocycles. The Bertz CT molecular complexity index is 882. The maximum atomic E-state index is 12.8. The van der Waals surface area contributed by atoms with Crippen LogP contribution in [0.1, 0.15) is 5.56 Å². The number of pyridine rings is 1. The number of nitrogens with zero attached hydrogens (tertiary/aromatic N) is 2. The quantitative estimate of drug-likeness (QED) is 0.617. The van der Waals surface area contributed by atoms with Crippen molar-refractivity contribution in [1.82, 2.24) is 14.5 Å². The Hall–Kier alpha value is -1.67. The van der Waals surface area contributed by atoms with E-state index in [2.05, 4.69) is 25.9 Å². The van der Waals surface area contributed by atoms with Crippen molar-refractivity contribution in [3.05, 3.63) is 51.3 Å². The van der Waals surface area contributed by atoms with E-state index in [-0.39, 0.29) is 4.77 Å². The number of nitrogens with one attached hydrogen (secondary N) is 1. The lowest BCUT2D eigenvalue weighted by molar-refractivity contribution is -0.137. The summed E-state index contributed by atoms with van der Waals surface area (Å²) in [6, 6.07) is 6.74. The van der Waals surface area contributed by atoms with Crippen molar-refractivity contribution in [3.8, 4) is 5.69 Å². The van der Waals surface area contributed by atoms with E-state index in [1.807, 2.05) is 0 Å². The highest BCUT2D eigenvalue weighted by molar-refractivity contribution is 9.10. The summed E-state index contributed by atoms with van der Waals surface area (Å²) in [5.41, 5.74) is 0.707. The predicted molar refractivity (Wildman–Crippen MR) is 79.0 cm³/mol. The molecule has 0 atom stereocenters. The Kier molecular flexibility index (Phi) is 3.37. The summed E-state index contributed by atoms with van der Waals surface area (Å²) in [4.78, 5) is 7.14. The van der Waals surface area contributed by atoms with E-state index in [9.17, 15) is 13.2 Å². The maximum absolute atomic E-state index is 12.8. The van der Waals surface area contributed by atoms with Crippen molar-refractivity contribution < 1.29 is 13.2 Å². The van der Waals surface area contributed by atoms with Crippen molar-refractivity contribution in [2.24, 2.45) is 0 Å². The third-order valence-corrected chi connectivity index (χ3v) is 3.64. The highest BCUT2D eigenvalue weighted by Gasteiger charge is 2.30. The van der Waals surface area contributed by atoms with Crippen LogP contribution in [0.25, 0.3) is 16.9 Å². The molecule has 0 aliphatic carbocycles. The minimum atomic E-state index is -4.40. The van der Waals surface area contributed by atoms with Gasteiger partial charge < -0.3 is 4.98 Å². The molecule has 1 N–H and O–H groups in total. The average molecular weight is 374 g/mol. The summed E-state index contributed by atoms with van der Waals surface area (Å²) in [6.07, 6.45) is -2.84. The van der Waals surface area contributed by atoms with E-state index in [1.54, 1.807) is 18.3 Å². The molecule has 0 bridgehead atoms. The third kappa shape index (κ3) is 2.60. The molecule has 0 unspecified atom stereocenters. The maximum Gasteiger partial charge on any atom is 0.416 e. The molecular weight excluding hydrogens is 367 g/mol. The van der Waals surface area contributed by atoms with Crippen LogP contribution in [-0.2, 0) is 6.18 Å². The number of alkyl halides is 3. The van der Waals surface area contributed by atoms with Crippen molar-refractivity contribution >= 4 is 39.3 Å². The second-order valence-corrected chi connectivity index (χ2v) is 5.64. The highest BCUT2D eigenvalue weighted by Crippen LogP contribution is 2.31. The Morgan fingerprint density at radius 1 is 1.24 bits per heavy atom. The van der Waals surface area contributed by atoms with Gasteiger partial charge in [0.05, 0.1) is 16.8 Å². The number of benzene rings is 1. The Morgan fingerprint density at radius 2 is 2.00 bits per heavy atom. The second kappa shape index (κ2) is 4.96. The van der Waals surface area contributed by atoms with Crippen LogP contribution >= 0.6 is 28.1 Å². The fraction of sp³-hybridized carbons (Fsp3) is 0.0769. The van der Waals surface area contributed by atoms with Crippen LogP contribution in [-0.4, -0.2) is 14.5 Å². The van der Waals surface area contributed by atoms with Gasteiger partial charge in [-0.3, -0.25) is 4.57 Å². The van der Waals surface area contributed by atoms with Crippen LogP contribution in [0, 0.1) is 4.77 Å². The van der Waals surface area contributed by atoms with Crippen LogP contribution < -0.4 is 0 Å². The highest BCUT2D eigenvalue weighted by atomic mass is 79.9. The Morgan fingerprint density at radius 3 is 2.71 bits per heavy atom. The topological polar surface area (TPSA) is 33.6 Å². The van der Waals surface area contributed by atoms with Crippen molar-refractivity contribution in [2.75, 3.05) is 0 Å². The fourth-order valence-electron chi connectivity index (χ4n) is 2.03. The molecule has 3 aromatic rings. The number of aromatic nitrogens is 3. The number of hydrogen-bond donors (Lipinski definition) is 1. The van der Waals surface area contributed by atoms with E-state index < -0.39 is 11.7 Å². The van der Waals surface area contributed by atoms with Crippen LogP contribution in [0.3, 0.4) is 0 Å². The minimum absolute atomic E-state index is 0.287. The summed E-state index contributed by atoms with van der Waals surface area (Å²) in [5, 5.41) is 0. The molecule has 21 heavy (non-hydrogen) atoms. The molecule has 2 heterocycles. The SMILES string of the molecule is FC(F)(F)c1cccc(-n2c(=S)[nH]c3cc(Br)cnc32)c1. The fourth-order valence-corrected chi connectivity index (χ4v) is 2.66. The second-order valence-electron chi connectivity index (χ2n) is 4.34. The number of fused-ring (bicyclic) bond motifs is 1. The van der Waals surface area contributed by atoms with Crippen LogP contribution in [0.5, 0.6) is 0 Å². The summed E-state index contributed by atoms with van der Waals surface area (Å²) < 4.78 is 41.0. The monoisotopic (exact) mass is 373 g/mol. The summed E-state index contributed by atoms with van der Waals surface area (Å²) >= 11 is 8.47. The molecule has 108 valence electrons. The summed E-state index contributed by atoms with van der Waals surface area (Å²) in [7, 11) is 0. The average Bonchev–Trinajstić information content (AvgIpc) is 2.73.